The lowest BCUT2D eigenvalue weighted by Gasteiger charge is -2.30. The Hall–Kier alpha value is -4.92. The Kier molecular flexibility index (Phi) is 11.5. The van der Waals surface area contributed by atoms with Gasteiger partial charge in [-0.25, -0.2) is 22.7 Å². The zero-order valence-electron chi connectivity index (χ0n) is 30.8. The molecule has 0 radical (unpaired) electrons. The van der Waals surface area contributed by atoms with Gasteiger partial charge in [0, 0.05) is 25.4 Å². The molecular weight excluding hydrogens is 727 g/mol. The number of hydrogen-bond donors (Lipinski definition) is 3. The maximum absolute atomic E-state index is 14.5. The summed E-state index contributed by atoms with van der Waals surface area (Å²) in [4.78, 5) is 72.1. The second-order valence-electron chi connectivity index (χ2n) is 15.3. The maximum Gasteiger partial charge on any atom is 0.410 e. The number of amides is 5. The topological polar surface area (TPSA) is 181 Å². The maximum atomic E-state index is 14.5. The number of alkyl carbamates (subject to hydrolysis) is 1. The van der Waals surface area contributed by atoms with Crippen molar-refractivity contribution in [1.29, 1.82) is 0 Å². The molecule has 3 aliphatic heterocycles. The van der Waals surface area contributed by atoms with Crippen molar-refractivity contribution in [2.45, 2.75) is 118 Å². The number of benzene rings is 2. The van der Waals surface area contributed by atoms with Crippen molar-refractivity contribution in [3.63, 3.8) is 0 Å². The number of hydrogen-bond acceptors (Lipinski definition) is 9. The average Bonchev–Trinajstić information content (AvgIpc) is 3.44. The van der Waals surface area contributed by atoms with Crippen LogP contribution < -0.4 is 15.4 Å². The number of nitrogens with zero attached hydrogens (tertiary/aromatic N) is 2. The lowest BCUT2D eigenvalue weighted by Crippen LogP contribution is -2.58. The van der Waals surface area contributed by atoms with Crippen LogP contribution in [-0.4, -0.2) is 91.0 Å². The molecule has 2 aromatic carbocycles. The predicted molar refractivity (Wildman–Crippen MR) is 200 cm³/mol. The van der Waals surface area contributed by atoms with Gasteiger partial charge in [0.15, 0.2) is 0 Å². The molecule has 5 atom stereocenters. The van der Waals surface area contributed by atoms with Gasteiger partial charge in [-0.2, -0.15) is 0 Å². The molecule has 2 aliphatic carbocycles. The number of sulfonamides is 1. The third kappa shape index (κ3) is 8.82. The Labute approximate surface area is 321 Å². The molecule has 0 spiro atoms. The van der Waals surface area contributed by atoms with Gasteiger partial charge in [0.05, 0.1) is 11.4 Å². The Balaban J connectivity index is 1.13. The quantitative estimate of drug-likeness (QED) is 0.365. The number of nitrogens with one attached hydrogen (secondary N) is 3. The first kappa shape index (κ1) is 38.4. The average molecular weight is 776 g/mol. The van der Waals surface area contributed by atoms with Gasteiger partial charge in [-0.05, 0) is 81.0 Å². The summed E-state index contributed by atoms with van der Waals surface area (Å²) in [7, 11) is -4.26. The lowest BCUT2D eigenvalue weighted by atomic mass is 10.0. The molecule has 2 aromatic rings. The molecule has 0 bridgehead atoms. The molecule has 5 aliphatic rings. The number of carbonyl (C=O) groups is 5. The van der Waals surface area contributed by atoms with Gasteiger partial charge in [0.25, 0.3) is 15.9 Å². The van der Waals surface area contributed by atoms with E-state index in [0.29, 0.717) is 38.8 Å². The Morgan fingerprint density at radius 1 is 0.855 bits per heavy atom. The number of ether oxygens (including phenoxy) is 2. The molecular formula is C40H49N5O9S. The van der Waals surface area contributed by atoms with Crippen LogP contribution in [-0.2, 0) is 46.8 Å². The highest BCUT2D eigenvalue weighted by molar-refractivity contribution is 7.90. The monoisotopic (exact) mass is 775 g/mol. The van der Waals surface area contributed by atoms with E-state index in [9.17, 15) is 32.4 Å². The van der Waals surface area contributed by atoms with Crippen LogP contribution in [0.3, 0.4) is 0 Å². The third-order valence-electron chi connectivity index (χ3n) is 11.4. The fourth-order valence-electron chi connectivity index (χ4n) is 8.24. The van der Waals surface area contributed by atoms with Crippen molar-refractivity contribution in [2.75, 3.05) is 13.1 Å². The van der Waals surface area contributed by atoms with Gasteiger partial charge in [0.2, 0.25) is 11.8 Å². The number of rotatable bonds is 6. The van der Waals surface area contributed by atoms with Crippen molar-refractivity contribution < 1.29 is 41.9 Å². The molecule has 2 saturated carbocycles. The molecule has 0 unspecified atom stereocenters. The normalized spacial score (nSPS) is 27.9. The van der Waals surface area contributed by atoms with Crippen LogP contribution in [0.4, 0.5) is 9.59 Å². The highest BCUT2D eigenvalue weighted by Gasteiger charge is 2.61. The molecule has 294 valence electrons. The smallest absolute Gasteiger partial charge is 0.410 e. The zero-order chi connectivity index (χ0) is 38.6. The lowest BCUT2D eigenvalue weighted by molar-refractivity contribution is -0.141. The van der Waals surface area contributed by atoms with Gasteiger partial charge < -0.3 is 29.9 Å². The molecule has 3 heterocycles. The van der Waals surface area contributed by atoms with Crippen LogP contribution in [0.1, 0.15) is 81.8 Å². The first-order valence-corrected chi connectivity index (χ1v) is 20.9. The highest BCUT2D eigenvalue weighted by atomic mass is 32.2. The number of carbonyl (C=O) groups excluding carboxylic acids is 5. The minimum Gasteiger partial charge on any atom is -0.446 e. The van der Waals surface area contributed by atoms with E-state index >= 15 is 0 Å². The van der Waals surface area contributed by atoms with E-state index in [1.165, 1.54) is 17.0 Å². The van der Waals surface area contributed by atoms with Crippen molar-refractivity contribution in [3.05, 3.63) is 77.9 Å². The van der Waals surface area contributed by atoms with E-state index in [-0.39, 0.29) is 30.4 Å². The second kappa shape index (κ2) is 16.4. The van der Waals surface area contributed by atoms with Crippen molar-refractivity contribution in [2.24, 2.45) is 5.92 Å². The van der Waals surface area contributed by atoms with E-state index in [1.54, 1.807) is 23.1 Å². The fraction of sp³-hybridized carbons (Fsp3) is 0.525. The van der Waals surface area contributed by atoms with Gasteiger partial charge in [-0.15, -0.1) is 0 Å². The van der Waals surface area contributed by atoms with Crippen molar-refractivity contribution >= 4 is 39.9 Å². The van der Waals surface area contributed by atoms with Crippen molar-refractivity contribution in [3.8, 4) is 0 Å². The van der Waals surface area contributed by atoms with E-state index in [2.05, 4.69) is 15.4 Å². The fourth-order valence-corrected chi connectivity index (χ4v) is 9.30. The summed E-state index contributed by atoms with van der Waals surface area (Å²) in [6.07, 6.45) is 8.69. The molecule has 3 N–H and O–H groups in total. The molecule has 3 fully saturated rings. The first-order valence-electron chi connectivity index (χ1n) is 19.4. The summed E-state index contributed by atoms with van der Waals surface area (Å²) in [5.41, 5.74) is 0.584. The Morgan fingerprint density at radius 2 is 1.58 bits per heavy atom. The Bertz CT molecular complexity index is 1920. The molecule has 7 rings (SSSR count). The first-order chi connectivity index (χ1) is 26.5. The minimum atomic E-state index is -4.26. The van der Waals surface area contributed by atoms with Crippen molar-refractivity contribution in [1.82, 2.24) is 25.2 Å². The van der Waals surface area contributed by atoms with Gasteiger partial charge >= 0.3 is 12.2 Å². The standard InChI is InChI=1S/C40H49N5O9S/c46-35-34-23-31(54-39(50)44-22-21-27-13-9-10-14-28(27)25-44)26-45(34)36(47)33(41-38(49)53-30-16-11-12-17-30)20-8-3-1-2-5-15-29-24-40(29,42-35)37(48)43-55(51,52)32-18-6-4-7-19-32/h4-7,9-10,13-15,18-19,29-31,33-34H,1-3,8,11-12,16-17,20-26H2,(H,41,49)(H,42,46)(H,43,48)/b15-5-/t29-,31+,33-,34-,40+/m0/s1. The SMILES string of the molecule is O=C(N[C@H]1CCCCC/C=C\[C@H]2C[C@@]2(C(=O)NS(=O)(=O)c2ccccc2)NC(=O)[C@@H]2C[C@@H](OC(=O)N3CCc4ccccc4C3)CN2C1=O)OC1CCCC1. The van der Waals surface area contributed by atoms with Crippen LogP contribution >= 0.6 is 0 Å². The predicted octanol–water partition coefficient (Wildman–Crippen LogP) is 4.09. The van der Waals surface area contributed by atoms with E-state index in [4.69, 9.17) is 9.47 Å². The molecule has 14 nitrogen and oxygen atoms in total. The second-order valence-corrected chi connectivity index (χ2v) is 17.0. The van der Waals surface area contributed by atoms with E-state index in [1.807, 2.05) is 36.4 Å². The third-order valence-corrected chi connectivity index (χ3v) is 12.8. The van der Waals surface area contributed by atoms with Crippen LogP contribution in [0.2, 0.25) is 0 Å². The summed E-state index contributed by atoms with van der Waals surface area (Å²) in [5.74, 6) is -2.60. The largest absolute Gasteiger partial charge is 0.446 e. The van der Waals surface area contributed by atoms with Crippen LogP contribution in [0.25, 0.3) is 0 Å². The molecule has 5 amide bonds. The molecule has 0 aromatic heterocycles. The summed E-state index contributed by atoms with van der Waals surface area (Å²) < 4.78 is 40.2. The van der Waals surface area contributed by atoms with Gasteiger partial charge in [0.1, 0.15) is 29.8 Å². The summed E-state index contributed by atoms with van der Waals surface area (Å²) >= 11 is 0. The number of fused-ring (bicyclic) bond motifs is 3. The minimum absolute atomic E-state index is 0.0620. The molecule has 15 heteroatoms. The highest BCUT2D eigenvalue weighted by Crippen LogP contribution is 2.46. The van der Waals surface area contributed by atoms with Crippen LogP contribution in [0.15, 0.2) is 71.6 Å². The van der Waals surface area contributed by atoms with Gasteiger partial charge in [-0.1, -0.05) is 67.5 Å². The van der Waals surface area contributed by atoms with Gasteiger partial charge in [-0.3, -0.25) is 14.4 Å². The zero-order valence-corrected chi connectivity index (χ0v) is 31.6. The van der Waals surface area contributed by atoms with E-state index < -0.39 is 69.6 Å². The summed E-state index contributed by atoms with van der Waals surface area (Å²) in [6.45, 7) is 0.693. The van der Waals surface area contributed by atoms with Crippen LogP contribution in [0, 0.1) is 5.92 Å². The number of allylic oxidation sites excluding steroid dienone is 1. The van der Waals surface area contributed by atoms with Crippen LogP contribution in [0.5, 0.6) is 0 Å². The molecule has 55 heavy (non-hydrogen) atoms. The Morgan fingerprint density at radius 3 is 2.36 bits per heavy atom. The molecule has 1 saturated heterocycles. The summed E-state index contributed by atoms with van der Waals surface area (Å²) in [5, 5.41) is 5.60. The van der Waals surface area contributed by atoms with E-state index in [0.717, 1.165) is 49.7 Å². The summed E-state index contributed by atoms with van der Waals surface area (Å²) in [6, 6.07) is 13.1.